The highest BCUT2D eigenvalue weighted by atomic mass is 35.5. The lowest BCUT2D eigenvalue weighted by atomic mass is 10.0. The predicted octanol–water partition coefficient (Wildman–Crippen LogP) is 6.33. The second kappa shape index (κ2) is 17.5. The normalized spacial score (nSPS) is 12.3. The van der Waals surface area contributed by atoms with Crippen LogP contribution in [0.3, 0.4) is 0 Å². The predicted molar refractivity (Wildman–Crippen MR) is 160 cm³/mol. The number of rotatable bonds is 12. The van der Waals surface area contributed by atoms with Crippen LogP contribution in [0.15, 0.2) is 36.4 Å². The SMILES string of the molecule is CCc1cccc(C)c1N(C(=O)CCl)C(C)COC.CCc1cccc(C)c1N(C(=O)CCl)[C@@H](C)COC. The number of benzene rings is 2. The highest BCUT2D eigenvalue weighted by Crippen LogP contribution is 2.29. The zero-order valence-electron chi connectivity index (χ0n) is 24.1. The molecule has 0 saturated heterocycles. The standard InChI is InChI=1S/2C15H22ClNO2/c2*1-5-13-8-6-7-11(2)15(13)17(14(18)9-16)12(3)10-19-4/h2*6-8,12H,5,9-10H2,1-4H3/t12-;/m0./s1. The Bertz CT molecular complexity index is 950. The molecule has 2 amide bonds. The van der Waals surface area contributed by atoms with Gasteiger partial charge in [-0.3, -0.25) is 9.59 Å². The van der Waals surface area contributed by atoms with Gasteiger partial charge >= 0.3 is 0 Å². The minimum absolute atomic E-state index is 0.0223. The van der Waals surface area contributed by atoms with Crippen LogP contribution in [0.25, 0.3) is 0 Å². The lowest BCUT2D eigenvalue weighted by Crippen LogP contribution is -2.43. The molecule has 0 fully saturated rings. The third-order valence-corrected chi connectivity index (χ3v) is 6.81. The van der Waals surface area contributed by atoms with E-state index >= 15 is 0 Å². The molecule has 2 aromatic carbocycles. The van der Waals surface area contributed by atoms with Crippen molar-refractivity contribution in [2.75, 3.05) is 49.0 Å². The molecule has 0 bridgehead atoms. The number of hydrogen-bond donors (Lipinski definition) is 0. The third-order valence-electron chi connectivity index (χ3n) is 6.35. The molecule has 2 aromatic rings. The van der Waals surface area contributed by atoms with Gasteiger partial charge in [-0.15, -0.1) is 23.2 Å². The van der Waals surface area contributed by atoms with Crippen LogP contribution in [-0.2, 0) is 31.9 Å². The number of carbonyl (C=O) groups is 2. The Morgan fingerprint density at radius 2 is 1.08 bits per heavy atom. The number of para-hydroxylation sites is 2. The average molecular weight is 568 g/mol. The number of aryl methyl sites for hydroxylation is 4. The van der Waals surface area contributed by atoms with E-state index in [0.29, 0.717) is 13.2 Å². The molecule has 0 heterocycles. The van der Waals surface area contributed by atoms with E-state index in [1.807, 2.05) is 52.0 Å². The van der Waals surface area contributed by atoms with Gasteiger partial charge in [0.05, 0.1) is 36.7 Å². The Balaban J connectivity index is 0.000000380. The van der Waals surface area contributed by atoms with E-state index in [9.17, 15) is 9.59 Å². The summed E-state index contributed by atoms with van der Waals surface area (Å²) in [5, 5.41) is 0. The molecule has 1 unspecified atom stereocenters. The molecule has 0 saturated carbocycles. The van der Waals surface area contributed by atoms with Crippen LogP contribution in [0.4, 0.5) is 11.4 Å². The fourth-order valence-corrected chi connectivity index (χ4v) is 4.90. The maximum atomic E-state index is 12.2. The molecule has 2 atom stereocenters. The van der Waals surface area contributed by atoms with E-state index in [0.717, 1.165) is 46.5 Å². The lowest BCUT2D eigenvalue weighted by Gasteiger charge is -2.31. The maximum Gasteiger partial charge on any atom is 0.242 e. The molecule has 0 aliphatic rings. The fourth-order valence-electron chi connectivity index (χ4n) is 4.64. The van der Waals surface area contributed by atoms with Crippen molar-refractivity contribution in [1.29, 1.82) is 0 Å². The number of hydrogen-bond acceptors (Lipinski definition) is 4. The number of carbonyl (C=O) groups excluding carboxylic acids is 2. The highest BCUT2D eigenvalue weighted by Gasteiger charge is 2.25. The number of anilines is 2. The van der Waals surface area contributed by atoms with Crippen molar-refractivity contribution in [3.8, 4) is 0 Å². The number of ether oxygens (including phenoxy) is 2. The van der Waals surface area contributed by atoms with E-state index in [-0.39, 0.29) is 35.7 Å². The quantitative estimate of drug-likeness (QED) is 0.282. The Morgan fingerprint density at radius 1 is 0.737 bits per heavy atom. The second-order valence-electron chi connectivity index (χ2n) is 9.28. The van der Waals surface area contributed by atoms with Gasteiger partial charge in [0.25, 0.3) is 0 Å². The average Bonchev–Trinajstić information content (AvgIpc) is 2.91. The summed E-state index contributed by atoms with van der Waals surface area (Å²) in [6.45, 7) is 13.1. The van der Waals surface area contributed by atoms with Crippen LogP contribution in [0, 0.1) is 13.8 Å². The summed E-state index contributed by atoms with van der Waals surface area (Å²) in [7, 11) is 3.27. The molecule has 0 N–H and O–H groups in total. The van der Waals surface area contributed by atoms with Crippen molar-refractivity contribution in [2.24, 2.45) is 0 Å². The number of alkyl halides is 2. The van der Waals surface area contributed by atoms with Gasteiger partial charge in [0.15, 0.2) is 0 Å². The van der Waals surface area contributed by atoms with E-state index < -0.39 is 0 Å². The summed E-state index contributed by atoms with van der Waals surface area (Å²) in [5.41, 5.74) is 6.42. The largest absolute Gasteiger partial charge is 0.383 e. The first-order valence-corrected chi connectivity index (χ1v) is 14.1. The summed E-state index contributed by atoms with van der Waals surface area (Å²) in [6.07, 6.45) is 1.76. The topological polar surface area (TPSA) is 59.1 Å². The van der Waals surface area contributed by atoms with Crippen LogP contribution < -0.4 is 9.80 Å². The number of nitrogens with zero attached hydrogens (tertiary/aromatic N) is 2. The van der Waals surface area contributed by atoms with Crippen LogP contribution in [-0.4, -0.2) is 63.1 Å². The van der Waals surface area contributed by atoms with Crippen molar-refractivity contribution in [1.82, 2.24) is 0 Å². The molecule has 0 radical (unpaired) electrons. The zero-order chi connectivity index (χ0) is 28.8. The Labute approximate surface area is 239 Å². The Hall–Kier alpha value is -2.12. The molecular formula is C30H44Cl2N2O4. The molecule has 38 heavy (non-hydrogen) atoms. The van der Waals surface area contributed by atoms with E-state index in [1.165, 1.54) is 0 Å². The summed E-state index contributed by atoms with van der Waals surface area (Å²) in [4.78, 5) is 27.9. The summed E-state index contributed by atoms with van der Waals surface area (Å²) in [5.74, 6) is -0.220. The van der Waals surface area contributed by atoms with Crippen LogP contribution in [0.1, 0.15) is 49.9 Å². The van der Waals surface area contributed by atoms with Crippen molar-refractivity contribution in [3.05, 3.63) is 58.7 Å². The molecule has 6 nitrogen and oxygen atoms in total. The minimum Gasteiger partial charge on any atom is -0.383 e. The molecule has 0 spiro atoms. The molecule has 8 heteroatoms. The molecule has 0 aliphatic carbocycles. The van der Waals surface area contributed by atoms with E-state index in [1.54, 1.807) is 24.0 Å². The van der Waals surface area contributed by atoms with Crippen LogP contribution >= 0.6 is 23.2 Å². The first kappa shape index (κ1) is 33.9. The lowest BCUT2D eigenvalue weighted by molar-refractivity contribution is -0.117. The zero-order valence-corrected chi connectivity index (χ0v) is 25.7. The third kappa shape index (κ3) is 8.98. The van der Waals surface area contributed by atoms with Gasteiger partial charge in [-0.2, -0.15) is 0 Å². The summed E-state index contributed by atoms with van der Waals surface area (Å²) >= 11 is 11.5. The molecule has 0 aromatic heterocycles. The molecule has 212 valence electrons. The van der Waals surface area contributed by atoms with Gasteiger partial charge in [-0.1, -0.05) is 50.2 Å². The van der Waals surface area contributed by atoms with Gasteiger partial charge in [0, 0.05) is 14.2 Å². The Morgan fingerprint density at radius 3 is 1.34 bits per heavy atom. The number of amides is 2. The minimum atomic E-state index is -0.0878. The first-order chi connectivity index (χ1) is 18.1. The summed E-state index contributed by atoms with van der Waals surface area (Å²) < 4.78 is 10.4. The molecular weight excluding hydrogens is 523 g/mol. The van der Waals surface area contributed by atoms with Crippen LogP contribution in [0.2, 0.25) is 0 Å². The van der Waals surface area contributed by atoms with Crippen LogP contribution in [0.5, 0.6) is 0 Å². The fraction of sp³-hybridized carbons (Fsp3) is 0.533. The van der Waals surface area contributed by atoms with Gasteiger partial charge in [0.2, 0.25) is 11.8 Å². The van der Waals surface area contributed by atoms with E-state index in [2.05, 4.69) is 26.0 Å². The molecule has 2 rings (SSSR count). The van der Waals surface area contributed by atoms with Gasteiger partial charge in [0.1, 0.15) is 11.8 Å². The van der Waals surface area contributed by atoms with Crippen molar-refractivity contribution < 1.29 is 19.1 Å². The monoisotopic (exact) mass is 566 g/mol. The van der Waals surface area contributed by atoms with Crippen molar-refractivity contribution in [2.45, 2.75) is 66.5 Å². The number of halogens is 2. The smallest absolute Gasteiger partial charge is 0.242 e. The highest BCUT2D eigenvalue weighted by molar-refractivity contribution is 6.30. The van der Waals surface area contributed by atoms with E-state index in [4.69, 9.17) is 32.7 Å². The second-order valence-corrected chi connectivity index (χ2v) is 9.81. The number of methoxy groups -OCH3 is 2. The maximum absolute atomic E-state index is 12.2. The Kier molecular flexibility index (Phi) is 15.6. The van der Waals surface area contributed by atoms with Gasteiger partial charge < -0.3 is 19.3 Å². The van der Waals surface area contributed by atoms with Gasteiger partial charge in [-0.05, 0) is 62.8 Å². The summed E-state index contributed by atoms with van der Waals surface area (Å²) in [6, 6.07) is 12.1. The molecule has 0 aliphatic heterocycles. The van der Waals surface area contributed by atoms with Crippen molar-refractivity contribution in [3.63, 3.8) is 0 Å². The first-order valence-electron chi connectivity index (χ1n) is 13.0. The van der Waals surface area contributed by atoms with Crippen molar-refractivity contribution >= 4 is 46.4 Å². The van der Waals surface area contributed by atoms with Gasteiger partial charge in [-0.25, -0.2) is 0 Å².